The Balaban J connectivity index is 1.25. The third kappa shape index (κ3) is 4.88. The van der Waals surface area contributed by atoms with Crippen molar-refractivity contribution in [1.82, 2.24) is 15.1 Å². The number of hydrogen-bond acceptors (Lipinski definition) is 6. The molecule has 4 fully saturated rings. The van der Waals surface area contributed by atoms with Gasteiger partial charge in [0.2, 0.25) is 5.91 Å². The van der Waals surface area contributed by atoms with Gasteiger partial charge in [0.15, 0.2) is 5.78 Å². The fourth-order valence-corrected chi connectivity index (χ4v) is 5.83. The predicted molar refractivity (Wildman–Crippen MR) is 130 cm³/mol. The molecule has 1 aliphatic carbocycles. The van der Waals surface area contributed by atoms with Crippen molar-refractivity contribution >= 4 is 17.6 Å². The highest BCUT2D eigenvalue weighted by atomic mass is 16.5. The van der Waals surface area contributed by atoms with Gasteiger partial charge in [-0.15, -0.1) is 0 Å². The monoisotopic (exact) mass is 483 g/mol. The minimum Gasteiger partial charge on any atom is -0.388 e. The molecule has 4 aliphatic rings. The Morgan fingerprint density at radius 1 is 1.09 bits per heavy atom. The van der Waals surface area contributed by atoms with Crippen LogP contribution in [-0.4, -0.2) is 89.1 Å². The number of fused-ring (bicyclic) bond motifs is 1. The number of ether oxygens (including phenoxy) is 1. The van der Waals surface area contributed by atoms with Gasteiger partial charge in [-0.25, -0.2) is 0 Å². The molecule has 0 aromatic heterocycles. The molecular formula is C27H37N3O5. The lowest BCUT2D eigenvalue weighted by atomic mass is 9.85. The molecule has 0 radical (unpaired) electrons. The summed E-state index contributed by atoms with van der Waals surface area (Å²) < 4.78 is 5.40. The lowest BCUT2D eigenvalue weighted by Crippen LogP contribution is -2.57. The molecular weight excluding hydrogens is 446 g/mol. The van der Waals surface area contributed by atoms with E-state index in [9.17, 15) is 19.5 Å². The molecule has 3 heterocycles. The van der Waals surface area contributed by atoms with Crippen molar-refractivity contribution in [2.24, 2.45) is 5.41 Å². The Hall–Kier alpha value is -2.29. The average Bonchev–Trinajstić information content (AvgIpc) is 3.54. The molecule has 3 aliphatic heterocycles. The molecule has 1 aromatic rings. The van der Waals surface area contributed by atoms with Gasteiger partial charge >= 0.3 is 0 Å². The van der Waals surface area contributed by atoms with Crippen molar-refractivity contribution < 1.29 is 24.2 Å². The second-order valence-corrected chi connectivity index (χ2v) is 11.7. The van der Waals surface area contributed by atoms with Crippen LogP contribution in [0.5, 0.6) is 0 Å². The summed E-state index contributed by atoms with van der Waals surface area (Å²) in [6.07, 6.45) is 3.39. The van der Waals surface area contributed by atoms with E-state index in [1.165, 1.54) is 23.3 Å². The van der Waals surface area contributed by atoms with Gasteiger partial charge in [-0.1, -0.05) is 32.9 Å². The zero-order valence-corrected chi connectivity index (χ0v) is 20.9. The molecule has 0 spiro atoms. The molecule has 35 heavy (non-hydrogen) atoms. The standard InChI is InChI=1S/C27H37N3O5/c1-27(2,3)24(26(34)30-14-20(31)23-22(30)21(32)15-35-23)28-25(33)18-6-4-16(5-7-18)17-10-12-29(13-11-17)19-8-9-19/h4-7,17,19-20,22-24,31H,8-15H2,1-3H3,(H,28,33)/t20-,22-,23-,24-/m1/s1. The SMILES string of the molecule is CC(C)(C)[C@H](NC(=O)c1ccc(C2CCN(C3CC3)CC2)cc1)C(=O)N1C[C@@H](O)[C@H]2OCC(=O)[C@H]21. The van der Waals surface area contributed by atoms with Gasteiger partial charge < -0.3 is 25.0 Å². The molecule has 0 unspecified atom stereocenters. The lowest BCUT2D eigenvalue weighted by Gasteiger charge is -2.35. The summed E-state index contributed by atoms with van der Waals surface area (Å²) >= 11 is 0. The van der Waals surface area contributed by atoms with Crippen LogP contribution >= 0.6 is 0 Å². The second kappa shape index (κ2) is 9.30. The van der Waals surface area contributed by atoms with E-state index in [0.29, 0.717) is 11.5 Å². The second-order valence-electron chi connectivity index (χ2n) is 11.7. The maximum Gasteiger partial charge on any atom is 0.251 e. The number of β-amino-alcohol motifs (C(OH)–C–C–N with tert-alkyl or cyclic N) is 1. The number of Topliss-reactive ketones (excluding diaryl/α,β-unsaturated/α-hetero) is 1. The molecule has 8 nitrogen and oxygen atoms in total. The Morgan fingerprint density at radius 2 is 1.74 bits per heavy atom. The van der Waals surface area contributed by atoms with Crippen molar-refractivity contribution in [2.45, 2.75) is 82.7 Å². The zero-order chi connectivity index (χ0) is 24.9. The summed E-state index contributed by atoms with van der Waals surface area (Å²) in [6, 6.07) is 6.94. The van der Waals surface area contributed by atoms with Crippen molar-refractivity contribution in [2.75, 3.05) is 26.2 Å². The first-order valence-corrected chi connectivity index (χ1v) is 12.9. The van der Waals surface area contributed by atoms with E-state index in [4.69, 9.17) is 4.74 Å². The first-order valence-electron chi connectivity index (χ1n) is 12.9. The average molecular weight is 484 g/mol. The maximum atomic E-state index is 13.5. The predicted octanol–water partition coefficient (Wildman–Crippen LogP) is 1.71. The number of amides is 2. The quantitative estimate of drug-likeness (QED) is 0.662. The van der Waals surface area contributed by atoms with Gasteiger partial charge in [0, 0.05) is 11.6 Å². The van der Waals surface area contributed by atoms with Gasteiger partial charge in [-0.2, -0.15) is 0 Å². The molecule has 1 aromatic carbocycles. The summed E-state index contributed by atoms with van der Waals surface area (Å²) in [4.78, 5) is 43.0. The van der Waals surface area contributed by atoms with E-state index in [-0.39, 0.29) is 30.7 Å². The number of benzene rings is 1. The highest BCUT2D eigenvalue weighted by Crippen LogP contribution is 2.35. The highest BCUT2D eigenvalue weighted by molar-refractivity contribution is 5.99. The van der Waals surface area contributed by atoms with E-state index < -0.39 is 29.7 Å². The molecule has 1 saturated carbocycles. The molecule has 5 rings (SSSR count). The van der Waals surface area contributed by atoms with Gasteiger partial charge in [-0.3, -0.25) is 14.4 Å². The summed E-state index contributed by atoms with van der Waals surface area (Å²) in [7, 11) is 0. The number of hydrogen-bond donors (Lipinski definition) is 2. The number of carbonyl (C=O) groups is 3. The summed E-state index contributed by atoms with van der Waals surface area (Å²) in [6.45, 7) is 7.85. The van der Waals surface area contributed by atoms with Crippen molar-refractivity contribution in [3.05, 3.63) is 35.4 Å². The third-order valence-corrected chi connectivity index (χ3v) is 8.07. The third-order valence-electron chi connectivity index (χ3n) is 8.07. The fourth-order valence-electron chi connectivity index (χ4n) is 5.83. The Bertz CT molecular complexity index is 976. The van der Waals surface area contributed by atoms with Crippen LogP contribution in [0.3, 0.4) is 0 Å². The summed E-state index contributed by atoms with van der Waals surface area (Å²) in [5.74, 6) is -0.377. The number of likely N-dealkylation sites (tertiary alicyclic amines) is 2. The van der Waals surface area contributed by atoms with Gasteiger partial charge in [-0.05, 0) is 67.8 Å². The Kier molecular flexibility index (Phi) is 6.48. The first kappa shape index (κ1) is 24.4. The zero-order valence-electron chi connectivity index (χ0n) is 20.9. The van der Waals surface area contributed by atoms with Crippen LogP contribution < -0.4 is 5.32 Å². The smallest absolute Gasteiger partial charge is 0.251 e. The molecule has 2 N–H and O–H groups in total. The van der Waals surface area contributed by atoms with Gasteiger partial charge in [0.1, 0.15) is 30.9 Å². The maximum absolute atomic E-state index is 13.5. The van der Waals surface area contributed by atoms with Gasteiger partial charge in [0.05, 0.1) is 6.54 Å². The van der Waals surface area contributed by atoms with Crippen LogP contribution in [0.15, 0.2) is 24.3 Å². The first-order chi connectivity index (χ1) is 16.6. The number of aliphatic hydroxyl groups is 1. The number of nitrogens with one attached hydrogen (secondary N) is 1. The number of piperidine rings is 1. The molecule has 2 amide bonds. The number of carbonyl (C=O) groups excluding carboxylic acids is 3. The molecule has 3 saturated heterocycles. The van der Waals surface area contributed by atoms with Crippen LogP contribution in [0.4, 0.5) is 0 Å². The van der Waals surface area contributed by atoms with E-state index in [1.807, 2.05) is 45.0 Å². The Labute approximate surface area is 207 Å². The fraction of sp³-hybridized carbons (Fsp3) is 0.667. The van der Waals surface area contributed by atoms with Crippen molar-refractivity contribution in [3.8, 4) is 0 Å². The summed E-state index contributed by atoms with van der Waals surface area (Å²) in [5, 5.41) is 13.2. The largest absolute Gasteiger partial charge is 0.388 e. The number of ketones is 1. The minimum atomic E-state index is -0.907. The summed E-state index contributed by atoms with van der Waals surface area (Å²) in [5.41, 5.74) is 1.18. The highest BCUT2D eigenvalue weighted by Gasteiger charge is 2.53. The number of rotatable bonds is 5. The number of aliphatic hydroxyl groups excluding tert-OH is 1. The van der Waals surface area contributed by atoms with Crippen molar-refractivity contribution in [3.63, 3.8) is 0 Å². The molecule has 8 heteroatoms. The lowest BCUT2D eigenvalue weighted by molar-refractivity contribution is -0.140. The van der Waals surface area contributed by atoms with Crippen LogP contribution in [0.1, 0.15) is 68.3 Å². The molecule has 190 valence electrons. The number of nitrogens with zero attached hydrogens (tertiary/aromatic N) is 2. The molecule has 0 bridgehead atoms. The topological polar surface area (TPSA) is 99.2 Å². The van der Waals surface area contributed by atoms with E-state index >= 15 is 0 Å². The molecule has 4 atom stereocenters. The van der Waals surface area contributed by atoms with Crippen molar-refractivity contribution in [1.29, 1.82) is 0 Å². The van der Waals surface area contributed by atoms with Crippen LogP contribution in [0.25, 0.3) is 0 Å². The van der Waals surface area contributed by atoms with E-state index in [1.54, 1.807) is 0 Å². The van der Waals surface area contributed by atoms with E-state index in [2.05, 4.69) is 10.2 Å². The van der Waals surface area contributed by atoms with E-state index in [0.717, 1.165) is 32.0 Å². The van der Waals surface area contributed by atoms with Crippen LogP contribution in [0.2, 0.25) is 0 Å². The van der Waals surface area contributed by atoms with Gasteiger partial charge in [0.25, 0.3) is 5.91 Å². The van der Waals surface area contributed by atoms with Crippen LogP contribution in [-0.2, 0) is 14.3 Å². The minimum absolute atomic E-state index is 0.0244. The Morgan fingerprint density at radius 3 is 2.34 bits per heavy atom. The van der Waals surface area contributed by atoms with Crippen LogP contribution in [0, 0.1) is 5.41 Å². The normalized spacial score (nSPS) is 28.7.